The Morgan fingerprint density at radius 1 is 1.20 bits per heavy atom. The first kappa shape index (κ1) is 18.4. The fourth-order valence-corrected chi connectivity index (χ4v) is 3.60. The van der Waals surface area contributed by atoms with Gasteiger partial charge in [0.2, 0.25) is 5.91 Å². The molecule has 0 radical (unpaired) electrons. The second kappa shape index (κ2) is 8.33. The van der Waals surface area contributed by atoms with Crippen molar-refractivity contribution < 1.29 is 9.90 Å². The van der Waals surface area contributed by atoms with Gasteiger partial charge in [-0.3, -0.25) is 9.69 Å². The van der Waals surface area contributed by atoms with E-state index in [-0.39, 0.29) is 11.8 Å². The van der Waals surface area contributed by atoms with Gasteiger partial charge in [-0.15, -0.1) is 0 Å². The maximum Gasteiger partial charge on any atom is 0.224 e. The Kier molecular flexibility index (Phi) is 6.13. The van der Waals surface area contributed by atoms with Gasteiger partial charge in [-0.1, -0.05) is 38.1 Å². The molecule has 1 aromatic carbocycles. The molecule has 1 saturated carbocycles. The number of benzene rings is 1. The van der Waals surface area contributed by atoms with E-state index in [0.717, 1.165) is 44.0 Å². The van der Waals surface area contributed by atoms with E-state index in [4.69, 9.17) is 0 Å². The van der Waals surface area contributed by atoms with Gasteiger partial charge in [-0.05, 0) is 55.2 Å². The molecule has 4 nitrogen and oxygen atoms in total. The van der Waals surface area contributed by atoms with Crippen LogP contribution in [0.15, 0.2) is 24.3 Å². The molecule has 1 aromatic rings. The van der Waals surface area contributed by atoms with Crippen molar-refractivity contribution in [2.45, 2.75) is 51.6 Å². The normalized spacial score (nSPS) is 22.8. The smallest absolute Gasteiger partial charge is 0.224 e. The van der Waals surface area contributed by atoms with Crippen LogP contribution in [-0.4, -0.2) is 42.1 Å². The minimum atomic E-state index is -0.491. The Balaban J connectivity index is 1.49. The summed E-state index contributed by atoms with van der Waals surface area (Å²) in [4.78, 5) is 14.6. The van der Waals surface area contributed by atoms with Crippen molar-refractivity contribution in [3.63, 3.8) is 0 Å². The monoisotopic (exact) mass is 344 g/mol. The van der Waals surface area contributed by atoms with Gasteiger partial charge in [-0.2, -0.15) is 0 Å². The van der Waals surface area contributed by atoms with Crippen LogP contribution >= 0.6 is 0 Å². The molecule has 1 aliphatic carbocycles. The zero-order valence-electron chi connectivity index (χ0n) is 15.6. The van der Waals surface area contributed by atoms with Crippen molar-refractivity contribution in [2.75, 3.05) is 26.2 Å². The van der Waals surface area contributed by atoms with E-state index in [1.165, 1.54) is 18.4 Å². The maximum atomic E-state index is 12.3. The Labute approximate surface area is 151 Å². The number of carbonyl (C=O) groups excluding carboxylic acids is 1. The maximum absolute atomic E-state index is 12.3. The van der Waals surface area contributed by atoms with E-state index in [1.54, 1.807) is 0 Å². The van der Waals surface area contributed by atoms with Gasteiger partial charge >= 0.3 is 0 Å². The molecule has 0 aromatic heterocycles. The summed E-state index contributed by atoms with van der Waals surface area (Å²) in [6.45, 7) is 7.53. The van der Waals surface area contributed by atoms with E-state index >= 15 is 0 Å². The molecule has 2 atom stereocenters. The third-order valence-corrected chi connectivity index (χ3v) is 5.56. The number of nitrogens with one attached hydrogen (secondary N) is 1. The number of likely N-dealkylation sites (tertiary alicyclic amines) is 1. The summed E-state index contributed by atoms with van der Waals surface area (Å²) in [7, 11) is 0. The van der Waals surface area contributed by atoms with E-state index < -0.39 is 6.10 Å². The van der Waals surface area contributed by atoms with E-state index in [2.05, 4.69) is 36.2 Å². The molecule has 2 aliphatic rings. The van der Waals surface area contributed by atoms with Crippen LogP contribution in [-0.2, 0) is 4.79 Å². The van der Waals surface area contributed by atoms with E-state index in [9.17, 15) is 9.90 Å². The number of rotatable bonds is 7. The third kappa shape index (κ3) is 5.29. The first-order valence-electron chi connectivity index (χ1n) is 9.81. The summed E-state index contributed by atoms with van der Waals surface area (Å²) in [6, 6.07) is 8.27. The van der Waals surface area contributed by atoms with Crippen molar-refractivity contribution in [1.29, 1.82) is 0 Å². The number of piperidine rings is 1. The summed E-state index contributed by atoms with van der Waals surface area (Å²) in [5.74, 6) is 1.50. The lowest BCUT2D eigenvalue weighted by atomic mass is 9.95. The molecular weight excluding hydrogens is 312 g/mol. The van der Waals surface area contributed by atoms with Crippen LogP contribution < -0.4 is 5.32 Å². The van der Waals surface area contributed by atoms with Gasteiger partial charge in [0.25, 0.3) is 0 Å². The van der Waals surface area contributed by atoms with Gasteiger partial charge in [0.15, 0.2) is 0 Å². The molecule has 0 spiro atoms. The summed E-state index contributed by atoms with van der Waals surface area (Å²) in [5, 5.41) is 13.7. The highest BCUT2D eigenvalue weighted by molar-refractivity contribution is 5.79. The van der Waals surface area contributed by atoms with Crippen LogP contribution in [0.25, 0.3) is 0 Å². The lowest BCUT2D eigenvalue weighted by Gasteiger charge is -2.33. The van der Waals surface area contributed by atoms with E-state index in [0.29, 0.717) is 12.5 Å². The van der Waals surface area contributed by atoms with Gasteiger partial charge in [0.1, 0.15) is 0 Å². The summed E-state index contributed by atoms with van der Waals surface area (Å²) in [5.41, 5.74) is 2.26. The highest BCUT2D eigenvalue weighted by atomic mass is 16.3. The number of hydrogen-bond acceptors (Lipinski definition) is 3. The molecule has 0 bridgehead atoms. The van der Waals surface area contributed by atoms with Crippen LogP contribution in [0.1, 0.15) is 62.7 Å². The number of aliphatic hydroxyl groups is 1. The molecule has 2 fully saturated rings. The Hall–Kier alpha value is -1.39. The minimum Gasteiger partial charge on any atom is -0.387 e. The lowest BCUT2D eigenvalue weighted by molar-refractivity contribution is -0.127. The number of amides is 1. The van der Waals surface area contributed by atoms with Gasteiger partial charge < -0.3 is 10.4 Å². The molecule has 1 amide bonds. The molecule has 0 unspecified atom stereocenters. The van der Waals surface area contributed by atoms with Crippen molar-refractivity contribution in [3.8, 4) is 0 Å². The second-order valence-electron chi connectivity index (χ2n) is 8.12. The summed E-state index contributed by atoms with van der Waals surface area (Å²) >= 11 is 0. The largest absolute Gasteiger partial charge is 0.387 e. The number of aliphatic hydroxyl groups excluding tert-OH is 1. The van der Waals surface area contributed by atoms with Gasteiger partial charge in [0.05, 0.1) is 12.0 Å². The highest BCUT2D eigenvalue weighted by Gasteiger charge is 2.28. The molecule has 3 rings (SSSR count). The fourth-order valence-electron chi connectivity index (χ4n) is 3.60. The SMILES string of the molecule is CC(C)c1ccc([C@@H](O)CN2CCC[C@@H](C(=O)NCC3CC3)C2)cc1. The average molecular weight is 344 g/mol. The van der Waals surface area contributed by atoms with Crippen LogP contribution in [0.4, 0.5) is 0 Å². The quantitative estimate of drug-likeness (QED) is 0.799. The third-order valence-electron chi connectivity index (χ3n) is 5.56. The highest BCUT2D eigenvalue weighted by Crippen LogP contribution is 2.28. The van der Waals surface area contributed by atoms with Crippen molar-refractivity contribution >= 4 is 5.91 Å². The number of nitrogens with zero attached hydrogens (tertiary/aromatic N) is 1. The Morgan fingerprint density at radius 2 is 1.88 bits per heavy atom. The van der Waals surface area contributed by atoms with Crippen LogP contribution in [0.5, 0.6) is 0 Å². The van der Waals surface area contributed by atoms with Crippen LogP contribution in [0.2, 0.25) is 0 Å². The number of carbonyl (C=O) groups is 1. The molecule has 138 valence electrons. The van der Waals surface area contributed by atoms with Crippen molar-refractivity contribution in [1.82, 2.24) is 10.2 Å². The minimum absolute atomic E-state index is 0.0722. The molecule has 4 heteroatoms. The van der Waals surface area contributed by atoms with Crippen LogP contribution in [0.3, 0.4) is 0 Å². The lowest BCUT2D eigenvalue weighted by Crippen LogP contribution is -2.44. The van der Waals surface area contributed by atoms with Crippen molar-refractivity contribution in [3.05, 3.63) is 35.4 Å². The van der Waals surface area contributed by atoms with Gasteiger partial charge in [-0.25, -0.2) is 0 Å². The molecular formula is C21H32N2O2. The molecule has 25 heavy (non-hydrogen) atoms. The first-order valence-corrected chi connectivity index (χ1v) is 9.81. The Morgan fingerprint density at radius 3 is 2.52 bits per heavy atom. The number of hydrogen-bond donors (Lipinski definition) is 2. The number of β-amino-alcohol motifs (C(OH)–C–C–N with tert-alkyl or cyclic N) is 1. The molecule has 2 N–H and O–H groups in total. The predicted octanol–water partition coefficient (Wildman–Crippen LogP) is 3.08. The summed E-state index contributed by atoms with van der Waals surface area (Å²) in [6.07, 6.45) is 4.03. The standard InChI is InChI=1S/C21H32N2O2/c1-15(2)17-7-9-18(10-8-17)20(24)14-23-11-3-4-19(13-23)21(25)22-12-16-5-6-16/h7-10,15-16,19-20,24H,3-6,11-14H2,1-2H3,(H,22,25)/t19-,20+/m1/s1. The second-order valence-corrected chi connectivity index (χ2v) is 8.12. The fraction of sp³-hybridized carbons (Fsp3) is 0.667. The zero-order valence-corrected chi connectivity index (χ0v) is 15.6. The first-order chi connectivity index (χ1) is 12.0. The van der Waals surface area contributed by atoms with E-state index in [1.807, 2.05) is 12.1 Å². The summed E-state index contributed by atoms with van der Waals surface area (Å²) < 4.78 is 0. The van der Waals surface area contributed by atoms with Crippen molar-refractivity contribution in [2.24, 2.45) is 11.8 Å². The zero-order chi connectivity index (χ0) is 17.8. The topological polar surface area (TPSA) is 52.6 Å². The van der Waals surface area contributed by atoms with Gasteiger partial charge in [0, 0.05) is 19.6 Å². The van der Waals surface area contributed by atoms with Crippen LogP contribution in [0, 0.1) is 11.8 Å². The average Bonchev–Trinajstić information content (AvgIpc) is 3.44. The molecule has 1 aliphatic heterocycles. The molecule has 1 saturated heterocycles. The molecule has 1 heterocycles. The predicted molar refractivity (Wildman–Crippen MR) is 100 cm³/mol. The Bertz CT molecular complexity index is 566.